The first kappa shape index (κ1) is 21.2. The Kier molecular flexibility index (Phi) is 5.33. The fourth-order valence-corrected chi connectivity index (χ4v) is 5.85. The quantitative estimate of drug-likeness (QED) is 0.567. The lowest BCUT2D eigenvalue weighted by atomic mass is 9.92. The molecular weight excluding hydrogens is 452 g/mol. The number of nitrogens with zero attached hydrogens (tertiary/aromatic N) is 1. The molecule has 5 nitrogen and oxygen atoms in total. The third-order valence-electron chi connectivity index (χ3n) is 5.56. The topological polar surface area (TPSA) is 76.4 Å². The maximum absolute atomic E-state index is 14.4. The second kappa shape index (κ2) is 7.55. The van der Waals surface area contributed by atoms with Gasteiger partial charge in [-0.25, -0.2) is 12.8 Å². The number of halogens is 3. The summed E-state index contributed by atoms with van der Waals surface area (Å²) in [6.07, 6.45) is 1.72. The largest absolute Gasteiger partial charge is 0.481 e. The van der Waals surface area contributed by atoms with Gasteiger partial charge in [0.05, 0.1) is 16.8 Å². The molecule has 0 spiro atoms. The standard InChI is InChI=1S/C21H18Cl2FNO4S/c1-30(28,29)18-9-12(24)8-17-20(18)14(10-13-15(22)3-2-4-16(13)23)21-11(7-19(26)27)5-6-25(17)21/h2-4,8-9,11H,5-7,10H2,1H3,(H,26,27)/t11-/m1/s1. The highest BCUT2D eigenvalue weighted by atomic mass is 35.5. The average molecular weight is 470 g/mol. The van der Waals surface area contributed by atoms with Crippen molar-refractivity contribution in [2.75, 3.05) is 6.26 Å². The van der Waals surface area contributed by atoms with E-state index in [1.807, 2.05) is 4.57 Å². The number of fused-ring (bicyclic) bond motifs is 3. The smallest absolute Gasteiger partial charge is 0.304 e. The Morgan fingerprint density at radius 1 is 1.23 bits per heavy atom. The third-order valence-corrected chi connectivity index (χ3v) is 7.39. The number of carbonyl (C=O) groups is 1. The molecule has 1 atom stereocenters. The molecule has 0 unspecified atom stereocenters. The summed E-state index contributed by atoms with van der Waals surface area (Å²) in [5.41, 5.74) is 2.39. The molecule has 0 radical (unpaired) electrons. The van der Waals surface area contributed by atoms with Crippen molar-refractivity contribution in [3.63, 3.8) is 0 Å². The van der Waals surface area contributed by atoms with E-state index in [1.54, 1.807) is 18.2 Å². The number of carboxylic acid groups (broad SMARTS) is 1. The number of aryl methyl sites for hydroxylation is 1. The van der Waals surface area contributed by atoms with Gasteiger partial charge in [0.1, 0.15) is 5.82 Å². The van der Waals surface area contributed by atoms with Crippen molar-refractivity contribution >= 4 is 49.9 Å². The highest BCUT2D eigenvalue weighted by molar-refractivity contribution is 7.91. The molecule has 158 valence electrons. The van der Waals surface area contributed by atoms with E-state index >= 15 is 0 Å². The molecule has 9 heteroatoms. The first-order valence-corrected chi connectivity index (χ1v) is 11.9. The lowest BCUT2D eigenvalue weighted by Gasteiger charge is -2.13. The molecule has 2 aromatic carbocycles. The molecule has 0 saturated carbocycles. The Bertz CT molecular complexity index is 1280. The maximum atomic E-state index is 14.4. The van der Waals surface area contributed by atoms with Gasteiger partial charge in [-0.1, -0.05) is 29.3 Å². The van der Waals surface area contributed by atoms with Crippen LogP contribution in [0.15, 0.2) is 35.2 Å². The van der Waals surface area contributed by atoms with E-state index in [4.69, 9.17) is 23.2 Å². The van der Waals surface area contributed by atoms with E-state index in [1.165, 1.54) is 6.07 Å². The predicted octanol–water partition coefficient (Wildman–Crippen LogP) is 5.04. The number of rotatable bonds is 5. The van der Waals surface area contributed by atoms with Crippen LogP contribution in [0.3, 0.4) is 0 Å². The molecule has 4 rings (SSSR count). The van der Waals surface area contributed by atoms with Crippen molar-refractivity contribution in [2.24, 2.45) is 0 Å². The van der Waals surface area contributed by atoms with Crippen molar-refractivity contribution < 1.29 is 22.7 Å². The van der Waals surface area contributed by atoms with Gasteiger partial charge in [0.2, 0.25) is 0 Å². The van der Waals surface area contributed by atoms with E-state index in [-0.39, 0.29) is 23.7 Å². The minimum Gasteiger partial charge on any atom is -0.481 e. The predicted molar refractivity (Wildman–Crippen MR) is 114 cm³/mol. The van der Waals surface area contributed by atoms with Crippen LogP contribution >= 0.6 is 23.2 Å². The summed E-state index contributed by atoms with van der Waals surface area (Å²) >= 11 is 12.7. The van der Waals surface area contributed by atoms with Gasteiger partial charge in [-0.2, -0.15) is 0 Å². The van der Waals surface area contributed by atoms with Crippen LogP contribution in [0.5, 0.6) is 0 Å². The number of aromatic nitrogens is 1. The van der Waals surface area contributed by atoms with Crippen LogP contribution in [0.2, 0.25) is 10.0 Å². The van der Waals surface area contributed by atoms with Crippen LogP contribution < -0.4 is 0 Å². The Labute approximate surface area is 182 Å². The molecule has 3 aromatic rings. The molecule has 30 heavy (non-hydrogen) atoms. The van der Waals surface area contributed by atoms with E-state index in [0.717, 1.165) is 12.3 Å². The minimum atomic E-state index is -3.75. The average Bonchev–Trinajstić information content (AvgIpc) is 3.16. The molecule has 1 aliphatic rings. The fraction of sp³-hybridized carbons (Fsp3) is 0.286. The molecular formula is C21H18Cl2FNO4S. The number of aliphatic carboxylic acids is 1. The second-order valence-corrected chi connectivity index (χ2v) is 10.3. The van der Waals surface area contributed by atoms with Gasteiger partial charge >= 0.3 is 5.97 Å². The molecule has 0 fully saturated rings. The molecule has 0 saturated heterocycles. The third kappa shape index (κ3) is 3.59. The van der Waals surface area contributed by atoms with Gasteiger partial charge in [0, 0.05) is 46.3 Å². The lowest BCUT2D eigenvalue weighted by molar-refractivity contribution is -0.137. The van der Waals surface area contributed by atoms with Crippen LogP contribution in [0.25, 0.3) is 10.9 Å². The lowest BCUT2D eigenvalue weighted by Crippen LogP contribution is -2.07. The van der Waals surface area contributed by atoms with Crippen molar-refractivity contribution in [1.82, 2.24) is 4.57 Å². The highest BCUT2D eigenvalue weighted by Gasteiger charge is 2.33. The summed E-state index contributed by atoms with van der Waals surface area (Å²) in [5, 5.41) is 10.6. The highest BCUT2D eigenvalue weighted by Crippen LogP contribution is 2.44. The Morgan fingerprint density at radius 2 is 1.90 bits per heavy atom. The van der Waals surface area contributed by atoms with Gasteiger partial charge in [-0.15, -0.1) is 0 Å². The fourth-order valence-electron chi connectivity index (χ4n) is 4.39. The first-order chi connectivity index (χ1) is 14.1. The summed E-state index contributed by atoms with van der Waals surface area (Å²) in [4.78, 5) is 11.3. The Morgan fingerprint density at radius 3 is 2.50 bits per heavy atom. The van der Waals surface area contributed by atoms with Gasteiger partial charge in [-0.05, 0) is 41.8 Å². The Balaban J connectivity index is 2.07. The molecule has 2 heterocycles. The van der Waals surface area contributed by atoms with Gasteiger partial charge in [0.25, 0.3) is 0 Å². The summed E-state index contributed by atoms with van der Waals surface area (Å²) in [5.74, 6) is -1.93. The zero-order valence-corrected chi connectivity index (χ0v) is 18.3. The van der Waals surface area contributed by atoms with E-state index < -0.39 is 21.6 Å². The molecule has 0 bridgehead atoms. The monoisotopic (exact) mass is 469 g/mol. The molecule has 1 aromatic heterocycles. The summed E-state index contributed by atoms with van der Waals surface area (Å²) in [6.45, 7) is 0.479. The van der Waals surface area contributed by atoms with E-state index in [9.17, 15) is 22.7 Å². The van der Waals surface area contributed by atoms with Gasteiger partial charge in [-0.3, -0.25) is 4.79 Å². The van der Waals surface area contributed by atoms with Crippen molar-refractivity contribution in [3.8, 4) is 0 Å². The maximum Gasteiger partial charge on any atom is 0.304 e. The van der Waals surface area contributed by atoms with Gasteiger partial charge < -0.3 is 9.67 Å². The minimum absolute atomic E-state index is 0.101. The number of carboxylic acids is 1. The van der Waals surface area contributed by atoms with E-state index in [0.29, 0.717) is 50.7 Å². The molecule has 0 amide bonds. The zero-order chi connectivity index (χ0) is 21.8. The van der Waals surface area contributed by atoms with Crippen LogP contribution in [0.1, 0.15) is 35.6 Å². The summed E-state index contributed by atoms with van der Waals surface area (Å²) in [6, 6.07) is 7.40. The van der Waals surface area contributed by atoms with Crippen LogP contribution in [-0.2, 0) is 27.6 Å². The number of benzene rings is 2. The first-order valence-electron chi connectivity index (χ1n) is 9.27. The van der Waals surface area contributed by atoms with Crippen LogP contribution in [0, 0.1) is 5.82 Å². The number of hydrogen-bond donors (Lipinski definition) is 1. The second-order valence-electron chi connectivity index (χ2n) is 7.55. The molecule has 1 N–H and O–H groups in total. The zero-order valence-electron chi connectivity index (χ0n) is 16.0. The normalized spacial score (nSPS) is 16.2. The summed E-state index contributed by atoms with van der Waals surface area (Å²) < 4.78 is 41.2. The van der Waals surface area contributed by atoms with Crippen LogP contribution in [-0.4, -0.2) is 30.3 Å². The summed E-state index contributed by atoms with van der Waals surface area (Å²) in [7, 11) is -3.75. The van der Waals surface area contributed by atoms with Crippen molar-refractivity contribution in [2.45, 2.75) is 36.6 Å². The van der Waals surface area contributed by atoms with Crippen molar-refractivity contribution in [3.05, 3.63) is 63.0 Å². The number of hydrogen-bond acceptors (Lipinski definition) is 3. The SMILES string of the molecule is CS(=O)(=O)c1cc(F)cc2c1c(Cc1c(Cl)cccc1Cl)c1n2CC[C@@H]1CC(=O)O. The van der Waals surface area contributed by atoms with Crippen molar-refractivity contribution in [1.29, 1.82) is 0 Å². The number of sulfone groups is 1. The molecule has 0 aliphatic carbocycles. The van der Waals surface area contributed by atoms with Gasteiger partial charge in [0.15, 0.2) is 9.84 Å². The van der Waals surface area contributed by atoms with Crippen LogP contribution in [0.4, 0.5) is 4.39 Å². The van der Waals surface area contributed by atoms with E-state index in [2.05, 4.69) is 0 Å². The molecule has 1 aliphatic heterocycles. The Hall–Kier alpha value is -2.09.